The zero-order valence-electron chi connectivity index (χ0n) is 15.3. The molecule has 1 saturated heterocycles. The Morgan fingerprint density at radius 3 is 2.48 bits per heavy atom. The van der Waals surface area contributed by atoms with Crippen molar-refractivity contribution < 1.29 is 4.79 Å². The fourth-order valence-corrected chi connectivity index (χ4v) is 3.85. The van der Waals surface area contributed by atoms with Crippen LogP contribution in [0.5, 0.6) is 0 Å². The standard InChI is InChI=1S/C20H24Cl2N4O/c1-2-23-20(27)15-3-4-19(24-12-15)25-18-5-7-26(8-6-18)13-14-9-16(21)11-17(22)10-14/h3-4,9-12,18H,2,5-8,13H2,1H3,(H,23,27)(H,24,25). The molecule has 0 unspecified atom stereocenters. The molecule has 3 rings (SSSR count). The van der Waals surface area contributed by atoms with Gasteiger partial charge in [-0.05, 0) is 55.7 Å². The summed E-state index contributed by atoms with van der Waals surface area (Å²) in [5.41, 5.74) is 1.72. The summed E-state index contributed by atoms with van der Waals surface area (Å²) in [6.45, 7) is 5.36. The number of piperidine rings is 1. The molecule has 0 spiro atoms. The minimum Gasteiger partial charge on any atom is -0.367 e. The number of pyridine rings is 1. The molecule has 144 valence electrons. The molecule has 1 amide bonds. The number of hydrogen-bond donors (Lipinski definition) is 2. The van der Waals surface area contributed by atoms with Crippen LogP contribution in [-0.4, -0.2) is 41.5 Å². The Morgan fingerprint density at radius 2 is 1.89 bits per heavy atom. The Kier molecular flexibility index (Phi) is 6.94. The SMILES string of the molecule is CCNC(=O)c1ccc(NC2CCN(Cc3cc(Cl)cc(Cl)c3)CC2)nc1. The molecule has 0 saturated carbocycles. The van der Waals surface area contributed by atoms with Crippen LogP contribution in [-0.2, 0) is 6.54 Å². The number of benzene rings is 1. The van der Waals surface area contributed by atoms with Crippen LogP contribution in [0, 0.1) is 0 Å². The van der Waals surface area contributed by atoms with Gasteiger partial charge in [0.1, 0.15) is 5.82 Å². The van der Waals surface area contributed by atoms with Crippen LogP contribution < -0.4 is 10.6 Å². The lowest BCUT2D eigenvalue weighted by Gasteiger charge is -2.32. The number of carbonyl (C=O) groups is 1. The molecule has 1 aliphatic rings. The highest BCUT2D eigenvalue weighted by Gasteiger charge is 2.19. The zero-order valence-corrected chi connectivity index (χ0v) is 16.9. The molecule has 5 nitrogen and oxygen atoms in total. The first-order valence-corrected chi connectivity index (χ1v) is 9.97. The van der Waals surface area contributed by atoms with Gasteiger partial charge in [0.15, 0.2) is 0 Å². The van der Waals surface area contributed by atoms with Gasteiger partial charge < -0.3 is 10.6 Å². The van der Waals surface area contributed by atoms with E-state index in [1.807, 2.05) is 25.1 Å². The summed E-state index contributed by atoms with van der Waals surface area (Å²) in [6, 6.07) is 9.75. The van der Waals surface area contributed by atoms with E-state index in [9.17, 15) is 4.79 Å². The van der Waals surface area contributed by atoms with Crippen LogP contribution in [0.1, 0.15) is 35.7 Å². The quantitative estimate of drug-likeness (QED) is 0.753. The van der Waals surface area contributed by atoms with Crippen molar-refractivity contribution in [3.05, 3.63) is 57.7 Å². The van der Waals surface area contributed by atoms with Gasteiger partial charge in [-0.2, -0.15) is 0 Å². The first-order valence-electron chi connectivity index (χ1n) is 9.21. The summed E-state index contributed by atoms with van der Waals surface area (Å²) in [5, 5.41) is 7.60. The highest BCUT2D eigenvalue weighted by atomic mass is 35.5. The molecule has 0 atom stereocenters. The van der Waals surface area contributed by atoms with Crippen LogP contribution in [0.15, 0.2) is 36.5 Å². The minimum absolute atomic E-state index is 0.0917. The van der Waals surface area contributed by atoms with Gasteiger partial charge in [-0.25, -0.2) is 4.98 Å². The number of likely N-dealkylation sites (tertiary alicyclic amines) is 1. The number of halogens is 2. The fourth-order valence-electron chi connectivity index (χ4n) is 3.28. The second-order valence-electron chi connectivity index (χ2n) is 6.76. The molecule has 1 fully saturated rings. The number of nitrogens with one attached hydrogen (secondary N) is 2. The topological polar surface area (TPSA) is 57.3 Å². The van der Waals surface area contributed by atoms with E-state index in [4.69, 9.17) is 23.2 Å². The third kappa shape index (κ3) is 5.83. The molecule has 0 aliphatic carbocycles. The van der Waals surface area contributed by atoms with Crippen LogP contribution in [0.3, 0.4) is 0 Å². The molecule has 1 aliphatic heterocycles. The van der Waals surface area contributed by atoms with Gasteiger partial charge in [0, 0.05) is 48.5 Å². The molecular formula is C20H24Cl2N4O. The van der Waals surface area contributed by atoms with Crippen LogP contribution >= 0.6 is 23.2 Å². The lowest BCUT2D eigenvalue weighted by atomic mass is 10.0. The van der Waals surface area contributed by atoms with E-state index in [0.717, 1.165) is 43.9 Å². The molecule has 0 radical (unpaired) electrons. The van der Waals surface area contributed by atoms with Crippen molar-refractivity contribution in [3.8, 4) is 0 Å². The van der Waals surface area contributed by atoms with E-state index in [0.29, 0.717) is 28.2 Å². The van der Waals surface area contributed by atoms with Gasteiger partial charge in [-0.1, -0.05) is 23.2 Å². The lowest BCUT2D eigenvalue weighted by Crippen LogP contribution is -2.38. The highest BCUT2D eigenvalue weighted by molar-refractivity contribution is 6.34. The minimum atomic E-state index is -0.0917. The van der Waals surface area contributed by atoms with Gasteiger partial charge in [0.2, 0.25) is 0 Å². The van der Waals surface area contributed by atoms with Gasteiger partial charge in [0.25, 0.3) is 5.91 Å². The summed E-state index contributed by atoms with van der Waals surface area (Å²) in [5.74, 6) is 0.717. The highest BCUT2D eigenvalue weighted by Crippen LogP contribution is 2.22. The van der Waals surface area contributed by atoms with E-state index in [1.165, 1.54) is 0 Å². The lowest BCUT2D eigenvalue weighted by molar-refractivity contribution is 0.0955. The van der Waals surface area contributed by atoms with Crippen LogP contribution in [0.25, 0.3) is 0 Å². The van der Waals surface area contributed by atoms with Crippen molar-refractivity contribution in [2.75, 3.05) is 25.0 Å². The summed E-state index contributed by atoms with van der Waals surface area (Å²) in [7, 11) is 0. The van der Waals surface area contributed by atoms with E-state index >= 15 is 0 Å². The molecule has 2 aromatic rings. The monoisotopic (exact) mass is 406 g/mol. The zero-order chi connectivity index (χ0) is 19.2. The second-order valence-corrected chi connectivity index (χ2v) is 7.64. The van der Waals surface area contributed by atoms with E-state index < -0.39 is 0 Å². The Labute approximate surface area is 170 Å². The molecule has 2 heterocycles. The van der Waals surface area contributed by atoms with Gasteiger partial charge >= 0.3 is 0 Å². The Morgan fingerprint density at radius 1 is 1.19 bits per heavy atom. The van der Waals surface area contributed by atoms with E-state index in [-0.39, 0.29) is 5.91 Å². The van der Waals surface area contributed by atoms with Crippen molar-refractivity contribution in [1.29, 1.82) is 0 Å². The maximum Gasteiger partial charge on any atom is 0.252 e. The van der Waals surface area contributed by atoms with Crippen molar-refractivity contribution in [3.63, 3.8) is 0 Å². The Hall–Kier alpha value is -1.82. The normalized spacial score (nSPS) is 15.5. The predicted octanol–water partition coefficient (Wildman–Crippen LogP) is 4.21. The first kappa shape index (κ1) is 19.9. The summed E-state index contributed by atoms with van der Waals surface area (Å²) >= 11 is 12.2. The Bertz CT molecular complexity index is 754. The first-order chi connectivity index (χ1) is 13.0. The van der Waals surface area contributed by atoms with Gasteiger partial charge in [-0.15, -0.1) is 0 Å². The van der Waals surface area contributed by atoms with Crippen molar-refractivity contribution in [2.24, 2.45) is 0 Å². The average molecular weight is 407 g/mol. The largest absolute Gasteiger partial charge is 0.367 e. The predicted molar refractivity (Wildman–Crippen MR) is 111 cm³/mol. The maximum absolute atomic E-state index is 11.8. The second kappa shape index (κ2) is 9.40. The van der Waals surface area contributed by atoms with Crippen molar-refractivity contribution in [1.82, 2.24) is 15.2 Å². The maximum atomic E-state index is 11.8. The summed E-state index contributed by atoms with van der Waals surface area (Å²) in [4.78, 5) is 18.6. The molecule has 2 N–H and O–H groups in total. The number of carbonyl (C=O) groups excluding carboxylic acids is 1. The number of amides is 1. The average Bonchev–Trinajstić information content (AvgIpc) is 2.63. The third-order valence-electron chi connectivity index (χ3n) is 4.63. The van der Waals surface area contributed by atoms with Gasteiger partial charge in [0.05, 0.1) is 5.56 Å². The molecule has 1 aromatic carbocycles. The number of nitrogens with zero attached hydrogens (tertiary/aromatic N) is 2. The van der Waals surface area contributed by atoms with Crippen molar-refractivity contribution in [2.45, 2.75) is 32.4 Å². The molecule has 0 bridgehead atoms. The smallest absolute Gasteiger partial charge is 0.252 e. The molecule has 27 heavy (non-hydrogen) atoms. The Balaban J connectivity index is 1.48. The van der Waals surface area contributed by atoms with Crippen molar-refractivity contribution >= 4 is 34.9 Å². The van der Waals surface area contributed by atoms with Crippen LogP contribution in [0.2, 0.25) is 10.0 Å². The van der Waals surface area contributed by atoms with Gasteiger partial charge in [-0.3, -0.25) is 9.69 Å². The number of anilines is 1. The molecule has 1 aromatic heterocycles. The van der Waals surface area contributed by atoms with Crippen LogP contribution in [0.4, 0.5) is 5.82 Å². The number of aromatic nitrogens is 1. The number of rotatable bonds is 6. The summed E-state index contributed by atoms with van der Waals surface area (Å²) < 4.78 is 0. The fraction of sp³-hybridized carbons (Fsp3) is 0.400. The van der Waals surface area contributed by atoms with E-state index in [2.05, 4.69) is 20.5 Å². The van der Waals surface area contributed by atoms with E-state index in [1.54, 1.807) is 18.3 Å². The third-order valence-corrected chi connectivity index (χ3v) is 5.07. The number of hydrogen-bond acceptors (Lipinski definition) is 4. The summed E-state index contributed by atoms with van der Waals surface area (Å²) in [6.07, 6.45) is 3.69. The molecular weight excluding hydrogens is 383 g/mol. The molecule has 7 heteroatoms.